The number of carbonyl (C=O) groups is 1. The number of hydrogen-bond donors (Lipinski definition) is 0. The fraction of sp³-hybridized carbons (Fsp3) is 0.350. The second-order valence-corrected chi connectivity index (χ2v) is 7.71. The molecule has 2 aliphatic rings. The largest absolute Gasteiger partial charge is 0.486 e. The molecule has 3 aromatic rings. The molecule has 2 aliphatic heterocycles. The Hall–Kier alpha value is -2.94. The van der Waals surface area contributed by atoms with E-state index in [-0.39, 0.29) is 17.7 Å². The monoisotopic (exact) mass is 413 g/mol. The number of likely N-dealkylation sites (tertiary alicyclic amines) is 1. The predicted molar refractivity (Wildman–Crippen MR) is 104 cm³/mol. The van der Waals surface area contributed by atoms with E-state index in [0.29, 0.717) is 30.1 Å². The molecule has 5 rings (SSSR count). The van der Waals surface area contributed by atoms with Crippen molar-refractivity contribution < 1.29 is 23.1 Å². The van der Waals surface area contributed by atoms with E-state index >= 15 is 0 Å². The fourth-order valence-electron chi connectivity index (χ4n) is 3.65. The first-order valence-corrected chi connectivity index (χ1v) is 10.5. The minimum atomic E-state index is 0.0419. The summed E-state index contributed by atoms with van der Waals surface area (Å²) in [7, 11) is 0. The van der Waals surface area contributed by atoms with Crippen LogP contribution in [0.25, 0.3) is 11.7 Å². The molecule has 1 fully saturated rings. The van der Waals surface area contributed by atoms with E-state index in [2.05, 4.69) is 10.2 Å². The van der Waals surface area contributed by atoms with Crippen molar-refractivity contribution in [3.8, 4) is 23.1 Å². The lowest BCUT2D eigenvalue weighted by Crippen LogP contribution is -2.32. The molecule has 1 aromatic carbocycles. The number of aromatic nitrogens is 2. The average Bonchev–Trinajstić information content (AvgIpc) is 3.52. The van der Waals surface area contributed by atoms with Gasteiger partial charge in [-0.3, -0.25) is 4.79 Å². The van der Waals surface area contributed by atoms with Gasteiger partial charge in [0.05, 0.1) is 18.1 Å². The normalized spacial score (nSPS) is 18.2. The number of fused-ring (bicyclic) bond motifs is 1. The molecule has 150 valence electrons. The molecule has 1 amide bonds. The molecule has 9 heteroatoms. The Labute approximate surface area is 171 Å². The summed E-state index contributed by atoms with van der Waals surface area (Å²) < 4.78 is 22.1. The van der Waals surface area contributed by atoms with Crippen LogP contribution in [0.2, 0.25) is 0 Å². The molecule has 0 aliphatic carbocycles. The lowest BCUT2D eigenvalue weighted by Gasteiger charge is -2.26. The van der Waals surface area contributed by atoms with Gasteiger partial charge in [0.25, 0.3) is 11.1 Å². The number of nitrogens with zero attached hydrogens (tertiary/aromatic N) is 3. The van der Waals surface area contributed by atoms with Crippen LogP contribution in [-0.4, -0.2) is 46.5 Å². The number of carbonyl (C=O) groups excluding carboxylic acids is 1. The van der Waals surface area contributed by atoms with Gasteiger partial charge < -0.3 is 23.2 Å². The molecule has 0 saturated carbocycles. The van der Waals surface area contributed by atoms with E-state index in [1.165, 1.54) is 11.8 Å². The molecular formula is C20H19N3O5S. The van der Waals surface area contributed by atoms with Crippen molar-refractivity contribution >= 4 is 17.7 Å². The first-order valence-electron chi connectivity index (χ1n) is 9.47. The van der Waals surface area contributed by atoms with Crippen molar-refractivity contribution in [1.29, 1.82) is 0 Å². The predicted octanol–water partition coefficient (Wildman–Crippen LogP) is 3.56. The molecule has 0 radical (unpaired) electrons. The minimum absolute atomic E-state index is 0.0419. The Bertz CT molecular complexity index is 1000. The molecule has 1 saturated heterocycles. The van der Waals surface area contributed by atoms with Gasteiger partial charge in [-0.15, -0.1) is 10.2 Å². The molecule has 2 aromatic heterocycles. The number of benzene rings is 1. The molecule has 0 N–H and O–H groups in total. The Balaban J connectivity index is 1.25. The number of thioether (sulfide) groups is 1. The van der Waals surface area contributed by atoms with Crippen molar-refractivity contribution in [3.05, 3.63) is 42.2 Å². The first kappa shape index (κ1) is 18.1. The Morgan fingerprint density at radius 2 is 2.07 bits per heavy atom. The summed E-state index contributed by atoms with van der Waals surface area (Å²) in [6, 6.07) is 9.47. The van der Waals surface area contributed by atoms with E-state index in [9.17, 15) is 4.79 Å². The number of rotatable bonds is 5. The van der Waals surface area contributed by atoms with Crippen molar-refractivity contribution in [3.63, 3.8) is 0 Å². The molecule has 0 unspecified atom stereocenters. The van der Waals surface area contributed by atoms with Gasteiger partial charge in [-0.05, 0) is 42.7 Å². The Morgan fingerprint density at radius 1 is 1.17 bits per heavy atom. The zero-order valence-electron chi connectivity index (χ0n) is 15.6. The van der Waals surface area contributed by atoms with Crippen molar-refractivity contribution in [2.75, 3.05) is 25.5 Å². The zero-order valence-corrected chi connectivity index (χ0v) is 16.4. The molecule has 0 spiro atoms. The van der Waals surface area contributed by atoms with Crippen LogP contribution in [0, 0.1) is 0 Å². The van der Waals surface area contributed by atoms with Crippen molar-refractivity contribution in [2.45, 2.75) is 24.1 Å². The lowest BCUT2D eigenvalue weighted by atomic mass is 10.0. The standard InChI is InChI=1S/C20H19N3O5S/c24-18(12-29-20-22-21-19(28-20)16-4-2-8-25-16)23-7-1-3-14(23)13-5-6-15-17(11-13)27-10-9-26-15/h2,4-6,8,11,14H,1,3,7,9-10,12H2/t14-/m0/s1. The summed E-state index contributed by atoms with van der Waals surface area (Å²) in [5.41, 5.74) is 1.07. The van der Waals surface area contributed by atoms with Crippen LogP contribution in [0.3, 0.4) is 0 Å². The van der Waals surface area contributed by atoms with Gasteiger partial charge in [0, 0.05) is 6.54 Å². The molecule has 1 atom stereocenters. The minimum Gasteiger partial charge on any atom is -0.486 e. The maximum atomic E-state index is 12.9. The third-order valence-electron chi connectivity index (χ3n) is 4.98. The van der Waals surface area contributed by atoms with Gasteiger partial charge in [0.2, 0.25) is 5.91 Å². The summed E-state index contributed by atoms with van der Waals surface area (Å²) in [4.78, 5) is 14.8. The van der Waals surface area contributed by atoms with Gasteiger partial charge in [-0.2, -0.15) is 0 Å². The summed E-state index contributed by atoms with van der Waals surface area (Å²) in [5.74, 6) is 2.61. The van der Waals surface area contributed by atoms with Gasteiger partial charge >= 0.3 is 0 Å². The maximum absolute atomic E-state index is 12.9. The number of hydrogen-bond acceptors (Lipinski definition) is 8. The van der Waals surface area contributed by atoms with Crippen LogP contribution in [0.1, 0.15) is 24.4 Å². The van der Waals surface area contributed by atoms with E-state index < -0.39 is 0 Å². The van der Waals surface area contributed by atoms with Crippen LogP contribution < -0.4 is 9.47 Å². The smallest absolute Gasteiger partial charge is 0.284 e. The highest BCUT2D eigenvalue weighted by Gasteiger charge is 2.31. The topological polar surface area (TPSA) is 90.8 Å². The first-order chi connectivity index (χ1) is 14.3. The highest BCUT2D eigenvalue weighted by atomic mass is 32.2. The zero-order chi connectivity index (χ0) is 19.6. The molecular weight excluding hydrogens is 394 g/mol. The van der Waals surface area contributed by atoms with Crippen molar-refractivity contribution in [2.24, 2.45) is 0 Å². The maximum Gasteiger partial charge on any atom is 0.284 e. The highest BCUT2D eigenvalue weighted by Crippen LogP contribution is 2.38. The summed E-state index contributed by atoms with van der Waals surface area (Å²) >= 11 is 1.24. The second-order valence-electron chi connectivity index (χ2n) is 6.79. The number of furan rings is 1. The van der Waals surface area contributed by atoms with Gasteiger partial charge in [0.1, 0.15) is 13.2 Å². The lowest BCUT2D eigenvalue weighted by molar-refractivity contribution is -0.129. The van der Waals surface area contributed by atoms with E-state index in [4.69, 9.17) is 18.3 Å². The summed E-state index contributed by atoms with van der Waals surface area (Å²) in [6.07, 6.45) is 3.44. The average molecular weight is 413 g/mol. The Kier molecular flexibility index (Phi) is 4.89. The number of ether oxygens (including phenoxy) is 2. The molecule has 8 nitrogen and oxygen atoms in total. The van der Waals surface area contributed by atoms with Crippen LogP contribution >= 0.6 is 11.8 Å². The van der Waals surface area contributed by atoms with Crippen LogP contribution in [0.4, 0.5) is 0 Å². The molecule has 29 heavy (non-hydrogen) atoms. The Morgan fingerprint density at radius 3 is 2.93 bits per heavy atom. The van der Waals surface area contributed by atoms with E-state index in [1.54, 1.807) is 18.4 Å². The summed E-state index contributed by atoms with van der Waals surface area (Å²) in [6.45, 7) is 1.85. The molecule has 0 bridgehead atoms. The molecule has 4 heterocycles. The number of amides is 1. The van der Waals surface area contributed by atoms with Gasteiger partial charge in [-0.1, -0.05) is 17.8 Å². The van der Waals surface area contributed by atoms with Crippen LogP contribution in [-0.2, 0) is 4.79 Å². The van der Waals surface area contributed by atoms with E-state index in [0.717, 1.165) is 36.4 Å². The van der Waals surface area contributed by atoms with Gasteiger partial charge in [0.15, 0.2) is 17.3 Å². The second kappa shape index (κ2) is 7.82. The fourth-order valence-corrected chi connectivity index (χ4v) is 4.30. The third kappa shape index (κ3) is 3.69. The van der Waals surface area contributed by atoms with Crippen LogP contribution in [0.15, 0.2) is 50.7 Å². The third-order valence-corrected chi connectivity index (χ3v) is 5.78. The van der Waals surface area contributed by atoms with Crippen molar-refractivity contribution in [1.82, 2.24) is 15.1 Å². The van der Waals surface area contributed by atoms with E-state index in [1.807, 2.05) is 23.1 Å². The van der Waals surface area contributed by atoms with Gasteiger partial charge in [-0.25, -0.2) is 0 Å². The SMILES string of the molecule is O=C(CSc1nnc(-c2ccco2)o1)N1CCC[C@H]1c1ccc2c(c1)OCCO2. The summed E-state index contributed by atoms with van der Waals surface area (Å²) in [5, 5.41) is 8.28. The highest BCUT2D eigenvalue weighted by molar-refractivity contribution is 7.99. The van der Waals surface area contributed by atoms with Crippen LogP contribution in [0.5, 0.6) is 11.5 Å². The quantitative estimate of drug-likeness (QED) is 0.587.